The molecule has 4 heteroatoms. The van der Waals surface area contributed by atoms with Gasteiger partial charge in [0.25, 0.3) is 0 Å². The summed E-state index contributed by atoms with van der Waals surface area (Å²) in [6.45, 7) is 8.57. The zero-order valence-corrected chi connectivity index (χ0v) is 10.2. The van der Waals surface area contributed by atoms with Gasteiger partial charge in [0, 0.05) is 24.8 Å². The van der Waals surface area contributed by atoms with Gasteiger partial charge in [-0.3, -0.25) is 9.59 Å². The summed E-state index contributed by atoms with van der Waals surface area (Å²) in [7, 11) is 0. The topological polar surface area (TPSA) is 59.2 Å². The van der Waals surface area contributed by atoms with Crippen LogP contribution in [0.1, 0.15) is 18.6 Å². The first-order valence-electron chi connectivity index (χ1n) is 5.39. The maximum atomic E-state index is 11.3. The number of pyridine rings is 1. The van der Waals surface area contributed by atoms with E-state index in [1.807, 2.05) is 0 Å². The van der Waals surface area contributed by atoms with Crippen molar-refractivity contribution >= 4 is 5.97 Å². The molecule has 0 radical (unpaired) electrons. The van der Waals surface area contributed by atoms with Crippen molar-refractivity contribution in [3.8, 4) is 0 Å². The van der Waals surface area contributed by atoms with E-state index in [-0.39, 0.29) is 5.56 Å². The number of allylic oxidation sites excluding steroid dienone is 2. The molecule has 0 aliphatic rings. The Morgan fingerprint density at radius 1 is 1.50 bits per heavy atom. The Balaban J connectivity index is 3.24. The van der Waals surface area contributed by atoms with Crippen LogP contribution >= 0.6 is 0 Å². The highest BCUT2D eigenvalue weighted by atomic mass is 16.5. The van der Waals surface area contributed by atoms with Crippen LogP contribution in [0.3, 0.4) is 0 Å². The summed E-state index contributed by atoms with van der Waals surface area (Å²) >= 11 is 0. The standard InChI is InChI=1S/C14H15NO3/c1-4-6-11(5-2)14(18-10(3)16)12-7-8-15-13(17)9-12/h4-9,14H,1-2H2,3H3,(H,15,17)/b11-6+. The van der Waals surface area contributed by atoms with Gasteiger partial charge in [-0.05, 0) is 11.6 Å². The summed E-state index contributed by atoms with van der Waals surface area (Å²) in [6, 6.07) is 3.06. The number of esters is 1. The fourth-order valence-electron chi connectivity index (χ4n) is 1.52. The largest absolute Gasteiger partial charge is 0.453 e. The molecular formula is C14H15NO3. The molecule has 0 aliphatic carbocycles. The molecule has 1 heterocycles. The molecule has 0 bridgehead atoms. The predicted octanol–water partition coefficient (Wildman–Crippen LogP) is 2.28. The van der Waals surface area contributed by atoms with Gasteiger partial charge >= 0.3 is 5.97 Å². The number of carbonyl (C=O) groups excluding carboxylic acids is 1. The van der Waals surface area contributed by atoms with Gasteiger partial charge in [-0.2, -0.15) is 0 Å². The molecule has 18 heavy (non-hydrogen) atoms. The van der Waals surface area contributed by atoms with Gasteiger partial charge < -0.3 is 9.72 Å². The molecule has 0 spiro atoms. The number of aromatic amines is 1. The summed E-state index contributed by atoms with van der Waals surface area (Å²) in [6.07, 6.45) is 5.67. The van der Waals surface area contributed by atoms with E-state index in [9.17, 15) is 9.59 Å². The molecule has 0 saturated carbocycles. The second-order valence-corrected chi connectivity index (χ2v) is 3.58. The fraction of sp³-hybridized carbons (Fsp3) is 0.143. The number of hydrogen-bond donors (Lipinski definition) is 1. The SMILES string of the molecule is C=C/C=C(\C=C)C(OC(C)=O)c1cc[nH]c(=O)c1. The molecule has 94 valence electrons. The summed E-state index contributed by atoms with van der Waals surface area (Å²) in [5, 5.41) is 0. The lowest BCUT2D eigenvalue weighted by atomic mass is 10.0. The third kappa shape index (κ3) is 3.59. The predicted molar refractivity (Wildman–Crippen MR) is 70.0 cm³/mol. The zero-order valence-electron chi connectivity index (χ0n) is 10.2. The monoisotopic (exact) mass is 245 g/mol. The van der Waals surface area contributed by atoms with Crippen molar-refractivity contribution in [2.45, 2.75) is 13.0 Å². The molecule has 4 nitrogen and oxygen atoms in total. The van der Waals surface area contributed by atoms with E-state index >= 15 is 0 Å². The maximum Gasteiger partial charge on any atom is 0.303 e. The van der Waals surface area contributed by atoms with Gasteiger partial charge in [-0.15, -0.1) is 0 Å². The molecule has 1 aromatic heterocycles. The summed E-state index contributed by atoms with van der Waals surface area (Å²) in [5.74, 6) is -0.433. The Morgan fingerprint density at radius 2 is 2.22 bits per heavy atom. The molecule has 0 aromatic carbocycles. The lowest BCUT2D eigenvalue weighted by Crippen LogP contribution is -2.13. The fourth-order valence-corrected chi connectivity index (χ4v) is 1.52. The van der Waals surface area contributed by atoms with Gasteiger partial charge in [0.2, 0.25) is 5.56 Å². The summed E-state index contributed by atoms with van der Waals surface area (Å²) in [4.78, 5) is 24.9. The van der Waals surface area contributed by atoms with Crippen molar-refractivity contribution < 1.29 is 9.53 Å². The first-order chi connectivity index (χ1) is 8.58. The van der Waals surface area contributed by atoms with Crippen LogP contribution in [-0.4, -0.2) is 11.0 Å². The van der Waals surface area contributed by atoms with Crippen LogP contribution in [0.4, 0.5) is 0 Å². The first kappa shape index (κ1) is 13.7. The maximum absolute atomic E-state index is 11.3. The quantitative estimate of drug-likeness (QED) is 0.639. The average molecular weight is 245 g/mol. The number of ether oxygens (including phenoxy) is 1. The van der Waals surface area contributed by atoms with Gasteiger partial charge in [0.05, 0.1) is 0 Å². The van der Waals surface area contributed by atoms with Crippen molar-refractivity contribution in [2.24, 2.45) is 0 Å². The van der Waals surface area contributed by atoms with Crippen LogP contribution in [0.25, 0.3) is 0 Å². The number of H-pyrrole nitrogens is 1. The molecule has 1 N–H and O–H groups in total. The molecule has 1 unspecified atom stereocenters. The minimum Gasteiger partial charge on any atom is -0.453 e. The van der Waals surface area contributed by atoms with Gasteiger partial charge in [-0.25, -0.2) is 0 Å². The number of hydrogen-bond acceptors (Lipinski definition) is 3. The van der Waals surface area contributed by atoms with E-state index in [2.05, 4.69) is 18.1 Å². The molecular weight excluding hydrogens is 230 g/mol. The molecule has 0 amide bonds. The van der Waals surface area contributed by atoms with Crippen LogP contribution in [0, 0.1) is 0 Å². The van der Waals surface area contributed by atoms with E-state index in [4.69, 9.17) is 4.74 Å². The number of aromatic nitrogens is 1. The van der Waals surface area contributed by atoms with Crippen molar-refractivity contribution in [3.05, 3.63) is 71.2 Å². The molecule has 0 fully saturated rings. The lowest BCUT2D eigenvalue weighted by Gasteiger charge is -2.18. The summed E-state index contributed by atoms with van der Waals surface area (Å²) in [5.41, 5.74) is 0.986. The van der Waals surface area contributed by atoms with E-state index < -0.39 is 12.1 Å². The molecule has 0 aliphatic heterocycles. The Hall–Kier alpha value is -2.36. The van der Waals surface area contributed by atoms with Crippen LogP contribution in [-0.2, 0) is 9.53 Å². The van der Waals surface area contributed by atoms with Gasteiger partial charge in [0.15, 0.2) is 6.10 Å². The minimum absolute atomic E-state index is 0.258. The second-order valence-electron chi connectivity index (χ2n) is 3.58. The van der Waals surface area contributed by atoms with Crippen molar-refractivity contribution in [3.63, 3.8) is 0 Å². The van der Waals surface area contributed by atoms with Crippen LogP contribution in [0.2, 0.25) is 0 Å². The number of rotatable bonds is 5. The smallest absolute Gasteiger partial charge is 0.303 e. The van der Waals surface area contributed by atoms with Gasteiger partial charge in [0.1, 0.15) is 0 Å². The Labute approximate surface area is 105 Å². The van der Waals surface area contributed by atoms with Crippen molar-refractivity contribution in [1.82, 2.24) is 4.98 Å². The second kappa shape index (κ2) is 6.39. The summed E-state index contributed by atoms with van der Waals surface area (Å²) < 4.78 is 5.22. The van der Waals surface area contributed by atoms with Crippen LogP contribution in [0.5, 0.6) is 0 Å². The van der Waals surface area contributed by atoms with Crippen LogP contribution in [0.15, 0.2) is 60.1 Å². The highest BCUT2D eigenvalue weighted by molar-refractivity contribution is 5.67. The first-order valence-corrected chi connectivity index (χ1v) is 5.39. The molecule has 0 saturated heterocycles. The molecule has 1 atom stereocenters. The third-order valence-electron chi connectivity index (χ3n) is 2.23. The Kier molecular flexibility index (Phi) is 4.87. The van der Waals surface area contributed by atoms with E-state index in [0.29, 0.717) is 11.1 Å². The van der Waals surface area contributed by atoms with Crippen molar-refractivity contribution in [2.75, 3.05) is 0 Å². The van der Waals surface area contributed by atoms with E-state index in [0.717, 1.165) is 0 Å². The van der Waals surface area contributed by atoms with E-state index in [1.54, 1.807) is 24.3 Å². The van der Waals surface area contributed by atoms with Gasteiger partial charge in [-0.1, -0.05) is 31.4 Å². The number of nitrogens with one attached hydrogen (secondary N) is 1. The van der Waals surface area contributed by atoms with Crippen molar-refractivity contribution in [1.29, 1.82) is 0 Å². The lowest BCUT2D eigenvalue weighted by molar-refractivity contribution is -0.144. The highest BCUT2D eigenvalue weighted by Gasteiger charge is 2.17. The minimum atomic E-state index is -0.653. The Bertz CT molecular complexity index is 540. The third-order valence-corrected chi connectivity index (χ3v) is 2.23. The zero-order chi connectivity index (χ0) is 13.5. The highest BCUT2D eigenvalue weighted by Crippen LogP contribution is 2.25. The Morgan fingerprint density at radius 3 is 2.72 bits per heavy atom. The molecule has 1 aromatic rings. The normalized spacial score (nSPS) is 12.6. The number of carbonyl (C=O) groups is 1. The van der Waals surface area contributed by atoms with Crippen LogP contribution < -0.4 is 5.56 Å². The molecule has 1 rings (SSSR count). The van der Waals surface area contributed by atoms with E-state index in [1.165, 1.54) is 19.2 Å². The average Bonchev–Trinajstić information content (AvgIpc) is 2.33.